The fourth-order valence-corrected chi connectivity index (χ4v) is 3.32. The maximum atomic E-state index is 14.2. The van der Waals surface area contributed by atoms with Crippen molar-refractivity contribution >= 4 is 5.82 Å². The number of hydrogen-bond acceptors (Lipinski definition) is 3. The topological polar surface area (TPSA) is 71.3 Å². The highest BCUT2D eigenvalue weighted by molar-refractivity contribution is 5.51. The van der Waals surface area contributed by atoms with Crippen molar-refractivity contribution in [1.29, 1.82) is 0 Å². The Morgan fingerprint density at radius 1 is 1.04 bits per heavy atom. The first-order valence-electron chi connectivity index (χ1n) is 8.38. The predicted molar refractivity (Wildman–Crippen MR) is 95.9 cm³/mol. The quantitative estimate of drug-likeness (QED) is 0.647. The number of H-pyrrole nitrogens is 1. The normalized spacial score (nSPS) is 16.0. The molecule has 1 unspecified atom stereocenters. The number of halogens is 1. The van der Waals surface area contributed by atoms with Crippen LogP contribution in [0.4, 0.5) is 10.2 Å². The van der Waals surface area contributed by atoms with Gasteiger partial charge in [0.05, 0.1) is 5.69 Å². The smallest absolute Gasteiger partial charge is 0.324 e. The number of para-hydroxylation sites is 1. The molecule has 0 bridgehead atoms. The summed E-state index contributed by atoms with van der Waals surface area (Å²) in [5.74, 6) is -0.162. The maximum Gasteiger partial charge on any atom is 0.334 e. The number of benzene rings is 2. The van der Waals surface area contributed by atoms with E-state index < -0.39 is 17.1 Å². The minimum absolute atomic E-state index is 0.115. The summed E-state index contributed by atoms with van der Waals surface area (Å²) in [7, 11) is 0. The van der Waals surface area contributed by atoms with Crippen molar-refractivity contribution in [2.24, 2.45) is 0 Å². The van der Waals surface area contributed by atoms with E-state index in [9.17, 15) is 14.0 Å². The van der Waals surface area contributed by atoms with Crippen LogP contribution in [0.1, 0.15) is 11.1 Å². The van der Waals surface area contributed by atoms with Crippen LogP contribution in [0.25, 0.3) is 5.69 Å². The van der Waals surface area contributed by atoms with E-state index in [1.54, 1.807) is 12.1 Å². The van der Waals surface area contributed by atoms with Crippen molar-refractivity contribution in [2.45, 2.75) is 13.1 Å². The van der Waals surface area contributed by atoms with Crippen LogP contribution < -0.4 is 21.5 Å². The van der Waals surface area contributed by atoms with Gasteiger partial charge in [0.1, 0.15) is 30.3 Å². The van der Waals surface area contributed by atoms with Crippen molar-refractivity contribution in [3.63, 3.8) is 0 Å². The standard InChI is InChI=1S/C19H17FN4O2/c20-15-8-4-5-9-16(15)24-17-14(18(25)22-19(24)26)11-23(12-21-17)10-13-6-2-1-3-7-13/h1-9,21H,10-12H2,(H,22,25,26)/p+1. The molecule has 1 aliphatic heterocycles. The number of fused-ring (bicyclic) bond motifs is 1. The number of rotatable bonds is 3. The van der Waals surface area contributed by atoms with Gasteiger partial charge >= 0.3 is 5.69 Å². The molecule has 2 aromatic carbocycles. The zero-order valence-electron chi connectivity index (χ0n) is 14.0. The van der Waals surface area contributed by atoms with E-state index in [0.717, 1.165) is 17.0 Å². The Kier molecular flexibility index (Phi) is 4.14. The number of anilines is 1. The zero-order valence-corrected chi connectivity index (χ0v) is 14.0. The molecule has 132 valence electrons. The molecular weight excluding hydrogens is 335 g/mol. The Bertz CT molecular complexity index is 1060. The lowest BCUT2D eigenvalue weighted by molar-refractivity contribution is -0.926. The van der Waals surface area contributed by atoms with E-state index in [1.807, 2.05) is 30.3 Å². The first-order valence-corrected chi connectivity index (χ1v) is 8.38. The van der Waals surface area contributed by atoms with E-state index in [1.165, 1.54) is 16.7 Å². The van der Waals surface area contributed by atoms with E-state index >= 15 is 0 Å². The largest absolute Gasteiger partial charge is 0.334 e. The highest BCUT2D eigenvalue weighted by Crippen LogP contribution is 2.18. The van der Waals surface area contributed by atoms with Crippen molar-refractivity contribution in [3.8, 4) is 5.69 Å². The van der Waals surface area contributed by atoms with E-state index in [4.69, 9.17) is 0 Å². The van der Waals surface area contributed by atoms with Gasteiger partial charge in [0, 0.05) is 5.56 Å². The molecule has 3 N–H and O–H groups in total. The highest BCUT2D eigenvalue weighted by Gasteiger charge is 2.26. The third-order valence-electron chi connectivity index (χ3n) is 4.53. The number of hydrogen-bond donors (Lipinski definition) is 3. The summed E-state index contributed by atoms with van der Waals surface area (Å²) in [4.78, 5) is 28.1. The minimum Gasteiger partial charge on any atom is -0.324 e. The Balaban J connectivity index is 1.74. The van der Waals surface area contributed by atoms with Gasteiger partial charge in [-0.3, -0.25) is 9.78 Å². The third kappa shape index (κ3) is 2.93. The number of nitrogens with zero attached hydrogens (tertiary/aromatic N) is 1. The highest BCUT2D eigenvalue weighted by atomic mass is 19.1. The van der Waals surface area contributed by atoms with Gasteiger partial charge in [-0.25, -0.2) is 13.8 Å². The van der Waals surface area contributed by atoms with Gasteiger partial charge in [-0.15, -0.1) is 0 Å². The van der Waals surface area contributed by atoms with Gasteiger partial charge in [-0.05, 0) is 12.1 Å². The number of nitrogens with one attached hydrogen (secondary N) is 3. The maximum absolute atomic E-state index is 14.2. The Labute approximate surface area is 148 Å². The summed E-state index contributed by atoms with van der Waals surface area (Å²) >= 11 is 0. The minimum atomic E-state index is -0.655. The molecule has 0 saturated carbocycles. The molecule has 6 nitrogen and oxygen atoms in total. The monoisotopic (exact) mass is 353 g/mol. The molecule has 7 heteroatoms. The van der Waals surface area contributed by atoms with Crippen LogP contribution in [0.15, 0.2) is 64.2 Å². The Hall–Kier alpha value is -3.19. The van der Waals surface area contributed by atoms with Gasteiger partial charge in [-0.2, -0.15) is 0 Å². The second kappa shape index (κ2) is 6.61. The second-order valence-electron chi connectivity index (χ2n) is 6.32. The Morgan fingerprint density at radius 3 is 2.54 bits per heavy atom. The SMILES string of the molecule is O=c1[nH]c(=O)n(-c2ccccc2F)c2c1C[NH+](Cc1ccccc1)CN2. The molecule has 1 aliphatic rings. The lowest BCUT2D eigenvalue weighted by Gasteiger charge is -2.28. The van der Waals surface area contributed by atoms with Gasteiger partial charge < -0.3 is 10.2 Å². The Morgan fingerprint density at radius 2 is 1.77 bits per heavy atom. The third-order valence-corrected chi connectivity index (χ3v) is 4.53. The number of aromatic nitrogens is 2. The summed E-state index contributed by atoms with van der Waals surface area (Å²) < 4.78 is 15.4. The van der Waals surface area contributed by atoms with Crippen LogP contribution in [0.2, 0.25) is 0 Å². The van der Waals surface area contributed by atoms with Gasteiger partial charge in [-0.1, -0.05) is 42.5 Å². The summed E-state index contributed by atoms with van der Waals surface area (Å²) in [6, 6.07) is 16.0. The van der Waals surface area contributed by atoms with Crippen LogP contribution in [0.3, 0.4) is 0 Å². The number of aromatic amines is 1. The second-order valence-corrected chi connectivity index (χ2v) is 6.32. The molecular formula is C19H18FN4O2+. The average molecular weight is 353 g/mol. The lowest BCUT2D eigenvalue weighted by Crippen LogP contribution is -3.11. The predicted octanol–water partition coefficient (Wildman–Crippen LogP) is 0.633. The summed E-state index contributed by atoms with van der Waals surface area (Å²) in [6.07, 6.45) is 0. The van der Waals surface area contributed by atoms with Crippen LogP contribution in [-0.4, -0.2) is 16.2 Å². The van der Waals surface area contributed by atoms with Crippen LogP contribution in [-0.2, 0) is 13.1 Å². The molecule has 0 aliphatic carbocycles. The first kappa shape index (κ1) is 16.3. The molecule has 1 atom stereocenters. The van der Waals surface area contributed by atoms with Gasteiger partial charge in [0.15, 0.2) is 6.67 Å². The van der Waals surface area contributed by atoms with Crippen molar-refractivity contribution in [3.05, 3.63) is 92.4 Å². The van der Waals surface area contributed by atoms with Gasteiger partial charge in [0.25, 0.3) is 5.56 Å². The molecule has 0 spiro atoms. The van der Waals surface area contributed by atoms with Crippen molar-refractivity contribution in [2.75, 3.05) is 12.0 Å². The summed E-state index contributed by atoms with van der Waals surface area (Å²) in [6.45, 7) is 1.71. The molecule has 3 aromatic rings. The summed E-state index contributed by atoms with van der Waals surface area (Å²) in [5.41, 5.74) is 0.633. The molecule has 0 radical (unpaired) electrons. The molecule has 0 amide bonds. The molecule has 0 saturated heterocycles. The molecule has 26 heavy (non-hydrogen) atoms. The van der Waals surface area contributed by atoms with Crippen LogP contribution in [0.5, 0.6) is 0 Å². The van der Waals surface area contributed by atoms with E-state index in [2.05, 4.69) is 10.3 Å². The molecule has 2 heterocycles. The average Bonchev–Trinajstić information content (AvgIpc) is 2.64. The summed E-state index contributed by atoms with van der Waals surface area (Å²) in [5, 5.41) is 3.15. The van der Waals surface area contributed by atoms with Crippen molar-refractivity contribution < 1.29 is 9.29 Å². The zero-order chi connectivity index (χ0) is 18.1. The lowest BCUT2D eigenvalue weighted by atomic mass is 10.1. The fourth-order valence-electron chi connectivity index (χ4n) is 3.32. The van der Waals surface area contributed by atoms with E-state index in [-0.39, 0.29) is 5.69 Å². The van der Waals surface area contributed by atoms with Gasteiger partial charge in [0.2, 0.25) is 0 Å². The van der Waals surface area contributed by atoms with Crippen LogP contribution >= 0.6 is 0 Å². The molecule has 0 fully saturated rings. The van der Waals surface area contributed by atoms with E-state index in [0.29, 0.717) is 24.6 Å². The first-order chi connectivity index (χ1) is 12.6. The van der Waals surface area contributed by atoms with Crippen molar-refractivity contribution in [1.82, 2.24) is 9.55 Å². The molecule has 1 aromatic heterocycles. The van der Waals surface area contributed by atoms with Crippen LogP contribution in [0, 0.1) is 5.82 Å². The molecule has 4 rings (SSSR count). The fraction of sp³-hybridized carbons (Fsp3) is 0.158. The number of quaternary nitrogens is 1.